The van der Waals surface area contributed by atoms with Crippen molar-refractivity contribution in [2.45, 2.75) is 12.2 Å². The number of hydrogen-bond donors (Lipinski definition) is 1. The molecule has 0 unspecified atom stereocenters. The van der Waals surface area contributed by atoms with Crippen molar-refractivity contribution >= 4 is 7.60 Å². The molecule has 0 spiro atoms. The minimum absolute atomic E-state index is 0.00639. The zero-order valence-electron chi connectivity index (χ0n) is 8.97. The fourth-order valence-corrected chi connectivity index (χ4v) is 2.82. The summed E-state index contributed by atoms with van der Waals surface area (Å²) in [5, 5.41) is 8.90. The topological polar surface area (TPSA) is 74.2 Å². The highest BCUT2D eigenvalue weighted by Crippen LogP contribution is 2.51. The van der Waals surface area contributed by atoms with Crippen molar-refractivity contribution in [3.05, 3.63) is 0 Å². The van der Waals surface area contributed by atoms with E-state index in [4.69, 9.17) is 23.6 Å². The second kappa shape index (κ2) is 5.39. The molecule has 1 fully saturated rings. The molecule has 7 heteroatoms. The van der Waals surface area contributed by atoms with Crippen LogP contribution in [0.1, 0.15) is 6.42 Å². The first-order valence-electron chi connectivity index (χ1n) is 4.69. The van der Waals surface area contributed by atoms with Crippen LogP contribution in [0, 0.1) is 0 Å². The molecule has 1 heterocycles. The van der Waals surface area contributed by atoms with Crippen molar-refractivity contribution in [2.24, 2.45) is 0 Å². The van der Waals surface area contributed by atoms with Gasteiger partial charge in [0.1, 0.15) is 6.16 Å². The van der Waals surface area contributed by atoms with Crippen LogP contribution in [-0.2, 0) is 23.1 Å². The van der Waals surface area contributed by atoms with Crippen LogP contribution in [0.2, 0.25) is 0 Å². The van der Waals surface area contributed by atoms with Gasteiger partial charge in [-0.1, -0.05) is 0 Å². The molecule has 1 N–H and O–H groups in total. The third-order valence-electron chi connectivity index (χ3n) is 2.30. The van der Waals surface area contributed by atoms with E-state index in [2.05, 4.69) is 0 Å². The van der Waals surface area contributed by atoms with E-state index < -0.39 is 13.4 Å². The Morgan fingerprint density at radius 1 is 1.33 bits per heavy atom. The van der Waals surface area contributed by atoms with Gasteiger partial charge < -0.3 is 23.6 Å². The normalized spacial score (nSPS) is 20.7. The molecule has 0 saturated carbocycles. The highest BCUT2D eigenvalue weighted by molar-refractivity contribution is 7.53. The second-order valence-electron chi connectivity index (χ2n) is 3.22. The first-order chi connectivity index (χ1) is 7.10. The molecule has 1 aliphatic heterocycles. The van der Waals surface area contributed by atoms with E-state index in [1.54, 1.807) is 0 Å². The molecule has 0 amide bonds. The molecule has 1 rings (SSSR count). The van der Waals surface area contributed by atoms with Crippen LogP contribution in [0.25, 0.3) is 0 Å². The number of aliphatic hydroxyl groups excluding tert-OH is 1. The lowest BCUT2D eigenvalue weighted by molar-refractivity contribution is -0.151. The number of ether oxygens (including phenoxy) is 2. The van der Waals surface area contributed by atoms with Gasteiger partial charge in [-0.2, -0.15) is 0 Å². The molecule has 0 aromatic carbocycles. The number of rotatable bonds is 6. The Morgan fingerprint density at radius 2 is 1.87 bits per heavy atom. The van der Waals surface area contributed by atoms with E-state index in [1.807, 2.05) is 0 Å². The van der Waals surface area contributed by atoms with Crippen LogP contribution in [0.3, 0.4) is 0 Å². The Bertz CT molecular complexity index is 229. The monoisotopic (exact) mass is 240 g/mol. The maximum atomic E-state index is 11.9. The van der Waals surface area contributed by atoms with E-state index in [1.165, 1.54) is 14.2 Å². The van der Waals surface area contributed by atoms with E-state index in [0.29, 0.717) is 13.2 Å². The van der Waals surface area contributed by atoms with Gasteiger partial charge in [0.25, 0.3) is 0 Å². The predicted octanol–water partition coefficient (Wildman–Crippen LogP) is 0.598. The summed E-state index contributed by atoms with van der Waals surface area (Å²) in [7, 11) is -0.564. The summed E-state index contributed by atoms with van der Waals surface area (Å²) in [6.07, 6.45) is 0.247. The van der Waals surface area contributed by atoms with Crippen LogP contribution < -0.4 is 0 Å². The minimum atomic E-state index is -3.19. The summed E-state index contributed by atoms with van der Waals surface area (Å²) in [4.78, 5) is 0. The molecule has 6 nitrogen and oxygen atoms in total. The van der Waals surface area contributed by atoms with Gasteiger partial charge in [0.15, 0.2) is 5.79 Å². The van der Waals surface area contributed by atoms with Crippen molar-refractivity contribution in [2.75, 3.05) is 40.2 Å². The van der Waals surface area contributed by atoms with E-state index in [9.17, 15) is 4.57 Å². The van der Waals surface area contributed by atoms with Crippen LogP contribution in [0.5, 0.6) is 0 Å². The number of aliphatic hydroxyl groups is 1. The lowest BCUT2D eigenvalue weighted by Gasteiger charge is -2.29. The van der Waals surface area contributed by atoms with Crippen LogP contribution in [0.4, 0.5) is 0 Å². The molecular weight excluding hydrogens is 223 g/mol. The molecule has 0 bridgehead atoms. The molecule has 1 saturated heterocycles. The number of hydrogen-bond acceptors (Lipinski definition) is 6. The first-order valence-corrected chi connectivity index (χ1v) is 6.42. The fourth-order valence-electron chi connectivity index (χ4n) is 1.48. The van der Waals surface area contributed by atoms with Gasteiger partial charge in [0.05, 0.1) is 13.2 Å². The quantitative estimate of drug-likeness (QED) is 0.685. The molecule has 0 atom stereocenters. The summed E-state index contributed by atoms with van der Waals surface area (Å²) < 4.78 is 32.3. The van der Waals surface area contributed by atoms with E-state index in [0.717, 1.165) is 0 Å². The van der Waals surface area contributed by atoms with Crippen LogP contribution >= 0.6 is 7.60 Å². The third-order valence-corrected chi connectivity index (χ3v) is 4.28. The van der Waals surface area contributed by atoms with Gasteiger partial charge in [0.2, 0.25) is 0 Å². The fraction of sp³-hybridized carbons (Fsp3) is 1.00. The summed E-state index contributed by atoms with van der Waals surface area (Å²) >= 11 is 0. The van der Waals surface area contributed by atoms with Gasteiger partial charge in [-0.15, -0.1) is 0 Å². The van der Waals surface area contributed by atoms with E-state index in [-0.39, 0.29) is 19.2 Å². The van der Waals surface area contributed by atoms with Crippen LogP contribution in [-0.4, -0.2) is 51.1 Å². The molecule has 0 aromatic heterocycles. The summed E-state index contributed by atoms with van der Waals surface area (Å²) in [5.74, 6) is -1.03. The Morgan fingerprint density at radius 3 is 2.27 bits per heavy atom. The predicted molar refractivity (Wildman–Crippen MR) is 52.8 cm³/mol. The van der Waals surface area contributed by atoms with E-state index >= 15 is 0 Å². The third kappa shape index (κ3) is 3.24. The maximum absolute atomic E-state index is 11.9. The Kier molecular flexibility index (Phi) is 4.70. The van der Waals surface area contributed by atoms with Gasteiger partial charge in [-0.3, -0.25) is 4.57 Å². The smallest absolute Gasteiger partial charge is 0.335 e. The summed E-state index contributed by atoms with van der Waals surface area (Å²) in [5.41, 5.74) is 0. The lowest BCUT2D eigenvalue weighted by Crippen LogP contribution is -2.36. The standard InChI is InChI=1S/C8H17O6P/c1-11-15(10,12-2)7-8(3-4-9)13-5-6-14-8/h9H,3-7H2,1-2H3. The molecule has 0 radical (unpaired) electrons. The van der Waals surface area contributed by atoms with Gasteiger partial charge in [0, 0.05) is 27.2 Å². The van der Waals surface area contributed by atoms with Crippen LogP contribution in [0.15, 0.2) is 0 Å². The molecule has 90 valence electrons. The summed E-state index contributed by atoms with van der Waals surface area (Å²) in [6.45, 7) is 0.744. The largest absolute Gasteiger partial charge is 0.396 e. The Labute approximate surface area is 89.0 Å². The highest BCUT2D eigenvalue weighted by atomic mass is 31.2. The maximum Gasteiger partial charge on any atom is 0.335 e. The van der Waals surface area contributed by atoms with Crippen molar-refractivity contribution in [1.82, 2.24) is 0 Å². The van der Waals surface area contributed by atoms with Gasteiger partial charge >= 0.3 is 7.60 Å². The zero-order chi connectivity index (χ0) is 11.4. The average Bonchev–Trinajstić information content (AvgIpc) is 2.67. The van der Waals surface area contributed by atoms with Crippen molar-refractivity contribution < 1.29 is 28.2 Å². The first kappa shape index (κ1) is 13.1. The van der Waals surface area contributed by atoms with Gasteiger partial charge in [-0.05, 0) is 0 Å². The molecule has 1 aliphatic rings. The van der Waals surface area contributed by atoms with Crippen molar-refractivity contribution in [3.8, 4) is 0 Å². The van der Waals surface area contributed by atoms with Crippen molar-refractivity contribution in [1.29, 1.82) is 0 Å². The summed E-state index contributed by atoms with van der Waals surface area (Å²) in [6, 6.07) is 0. The zero-order valence-corrected chi connectivity index (χ0v) is 9.87. The van der Waals surface area contributed by atoms with Crippen molar-refractivity contribution in [3.63, 3.8) is 0 Å². The lowest BCUT2D eigenvalue weighted by atomic mass is 10.2. The van der Waals surface area contributed by atoms with Gasteiger partial charge in [-0.25, -0.2) is 0 Å². The highest BCUT2D eigenvalue weighted by Gasteiger charge is 2.43. The average molecular weight is 240 g/mol. The molecule has 15 heavy (non-hydrogen) atoms. The SMILES string of the molecule is COP(=O)(CC1(CCO)OCCO1)OC. The minimum Gasteiger partial charge on any atom is -0.396 e. The Balaban J connectivity index is 2.69. The molecular formula is C8H17O6P. The second-order valence-corrected chi connectivity index (χ2v) is 5.48. The Hall–Kier alpha value is 0.0300. The molecule has 0 aromatic rings. The molecule has 0 aliphatic carbocycles.